The standard InChI is InChI=1S/C30H38FN9S2/c1-7-39(5)42(6)38-22-10-8-9-21(25(22)31)26-27(41-28(37-26)30(2,3)4)23-13-14-33-29(35-23)36-24-12-11-20(19-34-24)40-17-15-32-16-18-40/h8-14,19,32,38H,6-7,15-18H2,1-5H3,(H,33,34,35,36). The zero-order valence-electron chi connectivity index (χ0n) is 24.7. The van der Waals surface area contributed by atoms with Gasteiger partial charge in [0.25, 0.3) is 0 Å². The van der Waals surface area contributed by atoms with E-state index in [0.29, 0.717) is 34.4 Å². The summed E-state index contributed by atoms with van der Waals surface area (Å²) >= 11 is 1.52. The van der Waals surface area contributed by atoms with Crippen molar-refractivity contribution in [3.63, 3.8) is 0 Å². The van der Waals surface area contributed by atoms with Gasteiger partial charge in [0.05, 0.1) is 38.8 Å². The second-order valence-electron chi connectivity index (χ2n) is 11.1. The number of anilines is 4. The largest absolute Gasteiger partial charge is 0.368 e. The van der Waals surface area contributed by atoms with E-state index >= 15 is 4.39 Å². The quantitative estimate of drug-likeness (QED) is 0.194. The number of hydrogen-bond donors (Lipinski definition) is 3. The molecule has 0 radical (unpaired) electrons. The molecule has 0 saturated carbocycles. The van der Waals surface area contributed by atoms with Crippen molar-refractivity contribution in [3.8, 4) is 21.8 Å². The van der Waals surface area contributed by atoms with Gasteiger partial charge in [0.15, 0.2) is 5.82 Å². The molecule has 1 aliphatic rings. The number of nitrogens with one attached hydrogen (secondary N) is 3. The van der Waals surface area contributed by atoms with Crippen LogP contribution in [0.2, 0.25) is 0 Å². The summed E-state index contributed by atoms with van der Waals surface area (Å²) in [5.74, 6) is 4.84. The fourth-order valence-electron chi connectivity index (χ4n) is 4.38. The first-order valence-electron chi connectivity index (χ1n) is 14.0. The van der Waals surface area contributed by atoms with Crippen LogP contribution in [-0.4, -0.2) is 69.9 Å². The molecule has 4 heterocycles. The van der Waals surface area contributed by atoms with Gasteiger partial charge in [0.2, 0.25) is 5.95 Å². The smallest absolute Gasteiger partial charge is 0.228 e. The van der Waals surface area contributed by atoms with Crippen LogP contribution in [0.4, 0.5) is 27.5 Å². The molecule has 12 heteroatoms. The summed E-state index contributed by atoms with van der Waals surface area (Å²) in [5, 5.41) is 7.49. The number of piperazine rings is 1. The van der Waals surface area contributed by atoms with Crippen molar-refractivity contribution in [1.29, 1.82) is 0 Å². The van der Waals surface area contributed by atoms with Crippen molar-refractivity contribution in [2.45, 2.75) is 33.1 Å². The van der Waals surface area contributed by atoms with Crippen molar-refractivity contribution < 1.29 is 4.39 Å². The molecule has 42 heavy (non-hydrogen) atoms. The SMILES string of the molecule is C=S(Nc1cccc(-c2nc(C(C)(C)C)sc2-c2ccnc(Nc3ccc(N4CCNCC4)cn3)n2)c1F)N(C)CC. The molecule has 0 bridgehead atoms. The van der Waals surface area contributed by atoms with Crippen LogP contribution in [0.1, 0.15) is 32.7 Å². The zero-order chi connectivity index (χ0) is 29.9. The van der Waals surface area contributed by atoms with E-state index in [9.17, 15) is 0 Å². The first-order chi connectivity index (χ1) is 20.1. The van der Waals surface area contributed by atoms with Crippen LogP contribution in [0.25, 0.3) is 21.8 Å². The van der Waals surface area contributed by atoms with Crippen LogP contribution in [0, 0.1) is 5.82 Å². The Labute approximate surface area is 253 Å². The summed E-state index contributed by atoms with van der Waals surface area (Å²) < 4.78 is 21.3. The van der Waals surface area contributed by atoms with Gasteiger partial charge in [-0.3, -0.25) is 0 Å². The average Bonchev–Trinajstić information content (AvgIpc) is 3.45. The van der Waals surface area contributed by atoms with Gasteiger partial charge in [0, 0.05) is 49.9 Å². The Kier molecular flexibility index (Phi) is 9.16. The van der Waals surface area contributed by atoms with Crippen LogP contribution in [0.5, 0.6) is 0 Å². The van der Waals surface area contributed by atoms with E-state index in [-0.39, 0.29) is 11.2 Å². The van der Waals surface area contributed by atoms with Crippen molar-refractivity contribution in [2.75, 3.05) is 54.7 Å². The predicted molar refractivity (Wildman–Crippen MR) is 176 cm³/mol. The second-order valence-corrected chi connectivity index (χ2v) is 13.6. The number of rotatable bonds is 9. The summed E-state index contributed by atoms with van der Waals surface area (Å²) in [5.41, 5.74) is 2.89. The minimum Gasteiger partial charge on any atom is -0.368 e. The highest BCUT2D eigenvalue weighted by Crippen LogP contribution is 2.42. The molecule has 222 valence electrons. The molecule has 1 aliphatic heterocycles. The Balaban J connectivity index is 1.46. The van der Waals surface area contributed by atoms with Gasteiger partial charge in [-0.2, -0.15) is 0 Å². The first kappa shape index (κ1) is 30.0. The zero-order valence-corrected chi connectivity index (χ0v) is 26.4. The van der Waals surface area contributed by atoms with Crippen molar-refractivity contribution in [3.05, 3.63) is 59.6 Å². The second kappa shape index (κ2) is 12.8. The molecule has 3 N–H and O–H groups in total. The lowest BCUT2D eigenvalue weighted by Gasteiger charge is -2.29. The normalized spacial score (nSPS) is 14.7. The molecule has 5 rings (SSSR count). The van der Waals surface area contributed by atoms with Gasteiger partial charge in [-0.15, -0.1) is 11.3 Å². The van der Waals surface area contributed by atoms with Gasteiger partial charge in [0.1, 0.15) is 5.82 Å². The molecule has 1 fully saturated rings. The predicted octanol–water partition coefficient (Wildman–Crippen LogP) is 6.15. The number of thiazole rings is 1. The Morgan fingerprint density at radius 1 is 1.12 bits per heavy atom. The Morgan fingerprint density at radius 2 is 1.90 bits per heavy atom. The van der Waals surface area contributed by atoms with E-state index in [1.165, 1.54) is 11.3 Å². The van der Waals surface area contributed by atoms with E-state index in [0.717, 1.165) is 48.3 Å². The molecule has 0 aliphatic carbocycles. The molecule has 4 aromatic rings. The van der Waals surface area contributed by atoms with E-state index in [1.807, 2.05) is 42.7 Å². The minimum absolute atomic E-state index is 0.224. The molecular formula is C30H38FN9S2. The van der Waals surface area contributed by atoms with Crippen molar-refractivity contribution in [2.24, 2.45) is 0 Å². The summed E-state index contributed by atoms with van der Waals surface area (Å²) in [6, 6.07) is 11.2. The highest BCUT2D eigenvalue weighted by atomic mass is 32.2. The number of halogens is 1. The number of benzene rings is 1. The third-order valence-corrected chi connectivity index (χ3v) is 9.90. The van der Waals surface area contributed by atoms with Crippen LogP contribution >= 0.6 is 22.2 Å². The highest BCUT2D eigenvalue weighted by Gasteiger charge is 2.26. The molecule has 1 aromatic carbocycles. The van der Waals surface area contributed by atoms with Crippen LogP contribution < -0.4 is 20.3 Å². The third-order valence-electron chi connectivity index (χ3n) is 6.93. The fourth-order valence-corrected chi connectivity index (χ4v) is 6.37. The number of aromatic nitrogens is 4. The van der Waals surface area contributed by atoms with Gasteiger partial charge in [-0.1, -0.05) is 33.8 Å². The molecule has 1 unspecified atom stereocenters. The Hall–Kier alpha value is -3.45. The van der Waals surface area contributed by atoms with E-state index < -0.39 is 10.9 Å². The minimum atomic E-state index is -0.582. The summed E-state index contributed by atoms with van der Waals surface area (Å²) in [7, 11) is 1.37. The van der Waals surface area contributed by atoms with Crippen LogP contribution in [-0.2, 0) is 5.41 Å². The Morgan fingerprint density at radius 3 is 2.60 bits per heavy atom. The summed E-state index contributed by atoms with van der Waals surface area (Å²) in [6.45, 7) is 13.0. The number of hydrogen-bond acceptors (Lipinski definition) is 10. The lowest BCUT2D eigenvalue weighted by molar-refractivity contribution is 0.585. The first-order valence-corrected chi connectivity index (χ1v) is 16.1. The average molecular weight is 608 g/mol. The summed E-state index contributed by atoms with van der Waals surface area (Å²) in [6.07, 6.45) is 3.57. The maximum absolute atomic E-state index is 16.0. The topological polar surface area (TPSA) is 94.1 Å². The fraction of sp³-hybridized carbons (Fsp3) is 0.367. The molecule has 1 atom stereocenters. The monoisotopic (exact) mass is 607 g/mol. The van der Waals surface area contributed by atoms with Gasteiger partial charge in [-0.25, -0.2) is 28.6 Å². The Bertz CT molecular complexity index is 1540. The van der Waals surface area contributed by atoms with Gasteiger partial charge >= 0.3 is 0 Å². The van der Waals surface area contributed by atoms with Crippen LogP contribution in [0.3, 0.4) is 0 Å². The van der Waals surface area contributed by atoms with Crippen molar-refractivity contribution >= 4 is 51.2 Å². The maximum atomic E-state index is 16.0. The lowest BCUT2D eigenvalue weighted by Crippen LogP contribution is -2.43. The molecule has 0 amide bonds. The molecule has 1 saturated heterocycles. The molecule has 3 aromatic heterocycles. The van der Waals surface area contributed by atoms with Gasteiger partial charge < -0.3 is 20.3 Å². The summed E-state index contributed by atoms with van der Waals surface area (Å²) in [4.78, 5) is 21.9. The van der Waals surface area contributed by atoms with E-state index in [1.54, 1.807) is 18.3 Å². The molecular weight excluding hydrogens is 570 g/mol. The van der Waals surface area contributed by atoms with E-state index in [2.05, 4.69) is 62.9 Å². The van der Waals surface area contributed by atoms with Crippen LogP contribution in [0.15, 0.2) is 48.8 Å². The lowest BCUT2D eigenvalue weighted by atomic mass is 9.98. The maximum Gasteiger partial charge on any atom is 0.228 e. The van der Waals surface area contributed by atoms with E-state index in [4.69, 9.17) is 9.97 Å². The molecule has 9 nitrogen and oxygen atoms in total. The number of nitrogens with zero attached hydrogens (tertiary/aromatic N) is 6. The van der Waals surface area contributed by atoms with Gasteiger partial charge in [-0.05, 0) is 54.1 Å². The third kappa shape index (κ3) is 6.78. The molecule has 0 spiro atoms. The highest BCUT2D eigenvalue weighted by molar-refractivity contribution is 8.13. The van der Waals surface area contributed by atoms with Crippen molar-refractivity contribution in [1.82, 2.24) is 29.6 Å². The number of pyridine rings is 1.